The van der Waals surface area contributed by atoms with Crippen LogP contribution in [-0.4, -0.2) is 25.7 Å². The lowest BCUT2D eigenvalue weighted by Gasteiger charge is -2.10. The molecule has 156 valence electrons. The van der Waals surface area contributed by atoms with E-state index < -0.39 is 11.7 Å². The van der Waals surface area contributed by atoms with Gasteiger partial charge < -0.3 is 16.2 Å². The van der Waals surface area contributed by atoms with Crippen LogP contribution >= 0.6 is 0 Å². The lowest BCUT2D eigenvalue weighted by Crippen LogP contribution is -2.13. The largest absolute Gasteiger partial charge is 0.421 e. The number of aryl methyl sites for hydroxylation is 2. The molecular formula is C22H19FN6O2. The number of nitrogens with zero attached hydrogens (tertiary/aromatic N) is 4. The summed E-state index contributed by atoms with van der Waals surface area (Å²) in [6.07, 6.45) is 1.53. The Labute approximate surface area is 177 Å². The first kappa shape index (κ1) is 20.0. The van der Waals surface area contributed by atoms with Gasteiger partial charge in [-0.25, -0.2) is 14.4 Å². The topological polar surface area (TPSA) is 122 Å². The lowest BCUT2D eigenvalue weighted by atomic mass is 9.98. The van der Waals surface area contributed by atoms with Crippen LogP contribution in [0.3, 0.4) is 0 Å². The molecule has 4 aromatic rings. The van der Waals surface area contributed by atoms with E-state index in [2.05, 4.69) is 15.1 Å². The number of ether oxygens (including phenoxy) is 1. The second kappa shape index (κ2) is 7.86. The highest BCUT2D eigenvalue weighted by molar-refractivity contribution is 6.02. The van der Waals surface area contributed by atoms with Gasteiger partial charge in [-0.2, -0.15) is 5.10 Å². The van der Waals surface area contributed by atoms with Crippen LogP contribution in [0.5, 0.6) is 11.8 Å². The van der Waals surface area contributed by atoms with Crippen molar-refractivity contribution in [1.29, 1.82) is 0 Å². The zero-order chi connectivity index (χ0) is 22.1. The second-order valence-electron chi connectivity index (χ2n) is 6.91. The molecule has 8 nitrogen and oxygen atoms in total. The van der Waals surface area contributed by atoms with Crippen LogP contribution in [-0.2, 0) is 7.05 Å². The summed E-state index contributed by atoms with van der Waals surface area (Å²) >= 11 is 0. The van der Waals surface area contributed by atoms with E-state index in [9.17, 15) is 9.18 Å². The van der Waals surface area contributed by atoms with Crippen LogP contribution in [0.1, 0.15) is 16.2 Å². The average Bonchev–Trinajstić information content (AvgIpc) is 3.08. The number of nitrogens with two attached hydrogens (primary N) is 2. The van der Waals surface area contributed by atoms with Gasteiger partial charge in [0, 0.05) is 35.8 Å². The van der Waals surface area contributed by atoms with Gasteiger partial charge in [0.15, 0.2) is 17.3 Å². The third kappa shape index (κ3) is 3.93. The van der Waals surface area contributed by atoms with E-state index in [0.717, 1.165) is 5.56 Å². The molecular weight excluding hydrogens is 399 g/mol. The van der Waals surface area contributed by atoms with E-state index in [1.165, 1.54) is 23.0 Å². The predicted octanol–water partition coefficient (Wildman–Crippen LogP) is 3.47. The molecule has 9 heteroatoms. The second-order valence-corrected chi connectivity index (χ2v) is 6.91. The van der Waals surface area contributed by atoms with Crippen molar-refractivity contribution in [3.05, 3.63) is 71.9 Å². The van der Waals surface area contributed by atoms with Gasteiger partial charge in [-0.15, -0.1) is 0 Å². The fourth-order valence-corrected chi connectivity index (χ4v) is 3.25. The monoisotopic (exact) mass is 418 g/mol. The molecule has 0 saturated heterocycles. The molecule has 0 fully saturated rings. The summed E-state index contributed by atoms with van der Waals surface area (Å²) in [4.78, 5) is 20.1. The summed E-state index contributed by atoms with van der Waals surface area (Å²) in [7, 11) is 1.69. The summed E-state index contributed by atoms with van der Waals surface area (Å²) in [6, 6.07) is 13.1. The molecule has 31 heavy (non-hydrogen) atoms. The van der Waals surface area contributed by atoms with Crippen LogP contribution < -0.4 is 16.2 Å². The zero-order valence-electron chi connectivity index (χ0n) is 16.8. The maximum atomic E-state index is 14.9. The van der Waals surface area contributed by atoms with Crippen LogP contribution in [0.2, 0.25) is 0 Å². The van der Waals surface area contributed by atoms with Crippen LogP contribution in [0.25, 0.3) is 22.4 Å². The van der Waals surface area contributed by atoms with Gasteiger partial charge >= 0.3 is 6.01 Å². The number of aromatic nitrogens is 4. The normalized spacial score (nSPS) is 10.8. The first-order valence-electron chi connectivity index (χ1n) is 9.33. The fraction of sp³-hybridized carbons (Fsp3) is 0.0909. The van der Waals surface area contributed by atoms with E-state index in [0.29, 0.717) is 28.2 Å². The van der Waals surface area contributed by atoms with Crippen molar-refractivity contribution >= 4 is 11.6 Å². The van der Waals surface area contributed by atoms with E-state index >= 15 is 0 Å². The first-order valence-corrected chi connectivity index (χ1v) is 9.33. The number of amides is 1. The quantitative estimate of drug-likeness (QED) is 0.479. The molecule has 0 spiro atoms. The third-order valence-electron chi connectivity index (χ3n) is 4.66. The highest BCUT2D eigenvalue weighted by atomic mass is 19.1. The number of halogens is 1. The van der Waals surface area contributed by atoms with Gasteiger partial charge in [0.05, 0.1) is 5.69 Å². The Bertz CT molecular complexity index is 1280. The zero-order valence-corrected chi connectivity index (χ0v) is 16.8. The Morgan fingerprint density at radius 2 is 1.81 bits per heavy atom. The Kier molecular flexibility index (Phi) is 5.08. The highest BCUT2D eigenvalue weighted by Gasteiger charge is 2.23. The van der Waals surface area contributed by atoms with Crippen LogP contribution in [0.15, 0.2) is 54.7 Å². The van der Waals surface area contributed by atoms with Crippen molar-refractivity contribution in [2.45, 2.75) is 6.92 Å². The summed E-state index contributed by atoms with van der Waals surface area (Å²) in [6.45, 7) is 1.78. The number of carbonyl (C=O) groups is 1. The minimum Gasteiger partial charge on any atom is -0.421 e. The number of hydrogen-bond acceptors (Lipinski definition) is 6. The van der Waals surface area contributed by atoms with Gasteiger partial charge in [0.25, 0.3) is 5.91 Å². The van der Waals surface area contributed by atoms with Crippen molar-refractivity contribution in [2.24, 2.45) is 12.8 Å². The van der Waals surface area contributed by atoms with Crippen molar-refractivity contribution in [3.63, 3.8) is 0 Å². The van der Waals surface area contributed by atoms with Gasteiger partial charge in [-0.3, -0.25) is 9.48 Å². The molecule has 0 saturated carbocycles. The molecule has 0 unspecified atom stereocenters. The van der Waals surface area contributed by atoms with Crippen LogP contribution in [0, 0.1) is 12.7 Å². The van der Waals surface area contributed by atoms with Gasteiger partial charge in [-0.05, 0) is 42.8 Å². The van der Waals surface area contributed by atoms with Crippen molar-refractivity contribution < 1.29 is 13.9 Å². The smallest absolute Gasteiger partial charge is 0.322 e. The average molecular weight is 418 g/mol. The molecule has 0 bridgehead atoms. The number of rotatable bonds is 5. The van der Waals surface area contributed by atoms with Gasteiger partial charge in [-0.1, -0.05) is 18.2 Å². The molecule has 2 heterocycles. The molecule has 0 aliphatic carbocycles. The summed E-state index contributed by atoms with van der Waals surface area (Å²) in [5.41, 5.74) is 14.8. The Hall–Kier alpha value is -4.27. The minimum atomic E-state index is -0.721. The highest BCUT2D eigenvalue weighted by Crippen LogP contribution is 2.37. The molecule has 1 amide bonds. The minimum absolute atomic E-state index is 0.0319. The standard InChI is InChI=1S/C22H19FN6O2/c1-12-9-10-26-22(27-12)31-17-8-5-14(11-16(17)23)18-19(21(25)30)28-29(2)20(18)13-3-6-15(24)7-4-13/h3-11H,24H2,1-2H3,(H2,25,30). The van der Waals surface area contributed by atoms with Gasteiger partial charge in [0.2, 0.25) is 0 Å². The molecule has 2 aromatic heterocycles. The SMILES string of the molecule is Cc1ccnc(Oc2ccc(-c3c(C(N)=O)nn(C)c3-c3ccc(N)cc3)cc2F)n1. The lowest BCUT2D eigenvalue weighted by molar-refractivity contribution is 0.0995. The van der Waals surface area contributed by atoms with Crippen molar-refractivity contribution in [3.8, 4) is 34.1 Å². The predicted molar refractivity (Wildman–Crippen MR) is 114 cm³/mol. The molecule has 0 aliphatic rings. The van der Waals surface area contributed by atoms with Crippen LogP contribution in [0.4, 0.5) is 10.1 Å². The Morgan fingerprint density at radius 1 is 1.10 bits per heavy atom. The van der Waals surface area contributed by atoms with E-state index in [1.54, 1.807) is 50.4 Å². The molecule has 4 rings (SSSR count). The number of carbonyl (C=O) groups excluding carboxylic acids is 1. The number of benzene rings is 2. The fourth-order valence-electron chi connectivity index (χ4n) is 3.25. The number of hydrogen-bond donors (Lipinski definition) is 2. The van der Waals surface area contributed by atoms with Gasteiger partial charge in [0.1, 0.15) is 0 Å². The van der Waals surface area contributed by atoms with Crippen molar-refractivity contribution in [2.75, 3.05) is 5.73 Å². The first-order chi connectivity index (χ1) is 14.8. The Balaban J connectivity index is 1.81. The third-order valence-corrected chi connectivity index (χ3v) is 4.66. The summed E-state index contributed by atoms with van der Waals surface area (Å²) < 4.78 is 21.9. The molecule has 0 radical (unpaired) electrons. The Morgan fingerprint density at radius 3 is 2.45 bits per heavy atom. The number of nitrogen functional groups attached to an aromatic ring is 1. The molecule has 4 N–H and O–H groups in total. The maximum Gasteiger partial charge on any atom is 0.322 e. The van der Waals surface area contributed by atoms with E-state index in [-0.39, 0.29) is 17.5 Å². The summed E-state index contributed by atoms with van der Waals surface area (Å²) in [5.74, 6) is -1.42. The maximum absolute atomic E-state index is 14.9. The molecule has 0 aliphatic heterocycles. The van der Waals surface area contributed by atoms with E-state index in [4.69, 9.17) is 16.2 Å². The molecule has 2 aromatic carbocycles. The number of primary amides is 1. The van der Waals surface area contributed by atoms with Crippen molar-refractivity contribution in [1.82, 2.24) is 19.7 Å². The van der Waals surface area contributed by atoms with E-state index in [1.807, 2.05) is 0 Å². The summed E-state index contributed by atoms with van der Waals surface area (Å²) in [5, 5.41) is 4.25. The number of anilines is 1. The molecule has 0 atom stereocenters.